The molecule has 0 radical (unpaired) electrons. The number of rotatable bonds is 4. The molecule has 1 fully saturated rings. The largest absolute Gasteiger partial charge is 0.376 e. The van der Waals surface area contributed by atoms with E-state index in [0.717, 1.165) is 52.8 Å². The lowest BCUT2D eigenvalue weighted by Crippen LogP contribution is -2.37. The third kappa shape index (κ3) is 3.62. The highest BCUT2D eigenvalue weighted by molar-refractivity contribution is 5.84. The molecule has 34 heavy (non-hydrogen) atoms. The number of nitrogens with zero attached hydrogens (tertiary/aromatic N) is 4. The van der Waals surface area contributed by atoms with Crippen molar-refractivity contribution >= 4 is 22.2 Å². The molecular formula is C27H27N5O2. The number of aromatic amines is 1. The van der Waals surface area contributed by atoms with E-state index in [1.54, 1.807) is 4.57 Å². The standard InChI is InChI=1S/C27H27N5O2/c1-27(2)14-18(9-11-34-27)17-31-23-13-21(20-12-19-8-10-28-24(19)29-15-20)16-30-25(23)32(26(31)33)22-6-4-3-5-7-22/h3-8,10,12-13,15-16,18H,9,11,14,17H2,1-2H3,(H,28,29). The summed E-state index contributed by atoms with van der Waals surface area (Å²) < 4.78 is 9.53. The first-order valence-corrected chi connectivity index (χ1v) is 11.7. The Balaban J connectivity index is 1.51. The molecule has 0 amide bonds. The molecule has 7 heteroatoms. The molecule has 6 rings (SSSR count). The summed E-state index contributed by atoms with van der Waals surface area (Å²) in [6.45, 7) is 5.61. The Morgan fingerprint density at radius 3 is 2.71 bits per heavy atom. The van der Waals surface area contributed by atoms with E-state index >= 15 is 0 Å². The fourth-order valence-corrected chi connectivity index (χ4v) is 5.15. The summed E-state index contributed by atoms with van der Waals surface area (Å²) in [6.07, 6.45) is 7.42. The second-order valence-corrected chi connectivity index (χ2v) is 9.74. The number of aromatic nitrogens is 5. The van der Waals surface area contributed by atoms with Gasteiger partial charge in [0, 0.05) is 48.3 Å². The normalized spacial score (nSPS) is 18.0. The molecule has 1 aliphatic rings. The molecule has 5 heterocycles. The number of hydrogen-bond acceptors (Lipinski definition) is 4. The predicted octanol–water partition coefficient (Wildman–Crippen LogP) is 4.94. The molecule has 1 N–H and O–H groups in total. The van der Waals surface area contributed by atoms with Crippen molar-refractivity contribution in [3.05, 3.63) is 77.6 Å². The Morgan fingerprint density at radius 1 is 1.09 bits per heavy atom. The van der Waals surface area contributed by atoms with E-state index < -0.39 is 0 Å². The van der Waals surface area contributed by atoms with Crippen LogP contribution in [0.2, 0.25) is 0 Å². The fraction of sp³-hybridized carbons (Fsp3) is 0.296. The Labute approximate surface area is 197 Å². The molecule has 4 aromatic heterocycles. The molecule has 1 unspecified atom stereocenters. The molecule has 1 atom stereocenters. The van der Waals surface area contributed by atoms with Crippen LogP contribution in [0.4, 0.5) is 0 Å². The molecule has 172 valence electrons. The van der Waals surface area contributed by atoms with E-state index in [4.69, 9.17) is 9.72 Å². The number of imidazole rings is 1. The number of hydrogen-bond donors (Lipinski definition) is 1. The van der Waals surface area contributed by atoms with Gasteiger partial charge in [-0.3, -0.25) is 4.57 Å². The molecule has 1 saturated heterocycles. The van der Waals surface area contributed by atoms with E-state index in [0.29, 0.717) is 18.1 Å². The van der Waals surface area contributed by atoms with Gasteiger partial charge < -0.3 is 9.72 Å². The van der Waals surface area contributed by atoms with Crippen LogP contribution in [-0.2, 0) is 11.3 Å². The average Bonchev–Trinajstić information content (AvgIpc) is 3.41. The molecule has 5 aromatic rings. The third-order valence-corrected chi connectivity index (χ3v) is 6.76. The minimum absolute atomic E-state index is 0.0608. The zero-order valence-corrected chi connectivity index (χ0v) is 19.4. The maximum absolute atomic E-state index is 13.7. The Bertz CT molecular complexity index is 1540. The molecule has 1 aromatic carbocycles. The minimum atomic E-state index is -0.175. The second-order valence-electron chi connectivity index (χ2n) is 9.74. The zero-order valence-electron chi connectivity index (χ0n) is 19.4. The van der Waals surface area contributed by atoms with Gasteiger partial charge in [0.05, 0.1) is 16.8 Å². The molecular weight excluding hydrogens is 426 g/mol. The van der Waals surface area contributed by atoms with Crippen LogP contribution in [-0.4, -0.2) is 36.3 Å². The minimum Gasteiger partial charge on any atom is -0.376 e. The van der Waals surface area contributed by atoms with Gasteiger partial charge in [-0.05, 0) is 62.9 Å². The zero-order chi connectivity index (χ0) is 23.3. The van der Waals surface area contributed by atoms with Crippen molar-refractivity contribution in [1.82, 2.24) is 24.1 Å². The topological polar surface area (TPSA) is 77.7 Å². The molecule has 7 nitrogen and oxygen atoms in total. The summed E-state index contributed by atoms with van der Waals surface area (Å²) in [5.41, 5.74) is 4.85. The van der Waals surface area contributed by atoms with Crippen molar-refractivity contribution in [2.24, 2.45) is 5.92 Å². The highest BCUT2D eigenvalue weighted by atomic mass is 16.5. The monoisotopic (exact) mass is 453 g/mol. The molecule has 0 spiro atoms. The smallest absolute Gasteiger partial charge is 0.334 e. The molecule has 0 bridgehead atoms. The van der Waals surface area contributed by atoms with Gasteiger partial charge in [0.2, 0.25) is 0 Å². The number of para-hydroxylation sites is 1. The second kappa shape index (κ2) is 7.95. The summed E-state index contributed by atoms with van der Waals surface area (Å²) in [7, 11) is 0. The fourth-order valence-electron chi connectivity index (χ4n) is 5.15. The van der Waals surface area contributed by atoms with Crippen LogP contribution in [0.15, 0.2) is 71.9 Å². The van der Waals surface area contributed by atoms with Crippen LogP contribution >= 0.6 is 0 Å². The number of pyridine rings is 2. The quantitative estimate of drug-likeness (QED) is 0.418. The maximum Gasteiger partial charge on any atom is 0.334 e. The van der Waals surface area contributed by atoms with E-state index in [2.05, 4.69) is 35.9 Å². The van der Waals surface area contributed by atoms with Gasteiger partial charge in [-0.2, -0.15) is 0 Å². The number of ether oxygens (including phenoxy) is 1. The van der Waals surface area contributed by atoms with Crippen molar-refractivity contribution < 1.29 is 4.74 Å². The number of nitrogens with one attached hydrogen (secondary N) is 1. The first kappa shape index (κ1) is 20.9. The maximum atomic E-state index is 13.7. The van der Waals surface area contributed by atoms with Crippen molar-refractivity contribution in [3.8, 4) is 16.8 Å². The molecule has 1 aliphatic heterocycles. The molecule has 0 aliphatic carbocycles. The van der Waals surface area contributed by atoms with E-state index in [1.165, 1.54) is 0 Å². The van der Waals surface area contributed by atoms with Crippen molar-refractivity contribution in [2.45, 2.75) is 38.8 Å². The van der Waals surface area contributed by atoms with Crippen LogP contribution in [0.5, 0.6) is 0 Å². The van der Waals surface area contributed by atoms with Crippen molar-refractivity contribution in [3.63, 3.8) is 0 Å². The van der Waals surface area contributed by atoms with Gasteiger partial charge in [-0.25, -0.2) is 19.3 Å². The third-order valence-electron chi connectivity index (χ3n) is 6.76. The van der Waals surface area contributed by atoms with Gasteiger partial charge in [0.15, 0.2) is 5.65 Å². The van der Waals surface area contributed by atoms with E-state index in [-0.39, 0.29) is 11.3 Å². The van der Waals surface area contributed by atoms with Crippen LogP contribution in [0.3, 0.4) is 0 Å². The Kier molecular flexibility index (Phi) is 4.88. The highest BCUT2D eigenvalue weighted by Gasteiger charge is 2.30. The number of benzene rings is 1. The first-order valence-electron chi connectivity index (χ1n) is 11.7. The SMILES string of the molecule is CC1(C)CC(Cn2c(=O)n(-c3ccccc3)c3ncc(-c4cnc5[nH]ccc5c4)cc32)CCO1. The summed E-state index contributed by atoms with van der Waals surface area (Å²) in [5.74, 6) is 0.359. The van der Waals surface area contributed by atoms with E-state index in [1.807, 2.05) is 59.6 Å². The van der Waals surface area contributed by atoms with Crippen molar-refractivity contribution in [2.75, 3.05) is 6.61 Å². The number of fused-ring (bicyclic) bond motifs is 2. The number of H-pyrrole nitrogens is 1. The molecule has 0 saturated carbocycles. The lowest BCUT2D eigenvalue weighted by Gasteiger charge is -2.35. The lowest BCUT2D eigenvalue weighted by molar-refractivity contribution is -0.0747. The Morgan fingerprint density at radius 2 is 1.88 bits per heavy atom. The van der Waals surface area contributed by atoms with Gasteiger partial charge in [0.25, 0.3) is 0 Å². The van der Waals surface area contributed by atoms with Crippen LogP contribution in [0.25, 0.3) is 39.0 Å². The summed E-state index contributed by atoms with van der Waals surface area (Å²) in [5, 5.41) is 1.04. The van der Waals surface area contributed by atoms with Crippen LogP contribution in [0, 0.1) is 5.92 Å². The van der Waals surface area contributed by atoms with Gasteiger partial charge in [-0.15, -0.1) is 0 Å². The van der Waals surface area contributed by atoms with E-state index in [9.17, 15) is 4.79 Å². The first-order chi connectivity index (χ1) is 16.5. The van der Waals surface area contributed by atoms with Crippen molar-refractivity contribution in [1.29, 1.82) is 0 Å². The Hall–Kier alpha value is -3.71. The summed E-state index contributed by atoms with van der Waals surface area (Å²) >= 11 is 0. The average molecular weight is 454 g/mol. The van der Waals surface area contributed by atoms with Crippen LogP contribution < -0.4 is 5.69 Å². The van der Waals surface area contributed by atoms with Gasteiger partial charge in [0.1, 0.15) is 5.65 Å². The lowest BCUT2D eigenvalue weighted by atomic mass is 9.88. The summed E-state index contributed by atoms with van der Waals surface area (Å²) in [6, 6.07) is 15.9. The highest BCUT2D eigenvalue weighted by Crippen LogP contribution is 2.31. The van der Waals surface area contributed by atoms with Gasteiger partial charge in [-0.1, -0.05) is 18.2 Å². The predicted molar refractivity (Wildman–Crippen MR) is 133 cm³/mol. The van der Waals surface area contributed by atoms with Crippen LogP contribution in [0.1, 0.15) is 26.7 Å². The summed E-state index contributed by atoms with van der Waals surface area (Å²) in [4.78, 5) is 26.2. The van der Waals surface area contributed by atoms with Gasteiger partial charge >= 0.3 is 5.69 Å².